The van der Waals surface area contributed by atoms with E-state index in [0.717, 1.165) is 62.7 Å². The van der Waals surface area contributed by atoms with Crippen molar-refractivity contribution >= 4 is 17.2 Å². The number of Topliss-reactive ketones (excluding diaryl/α,β-unsaturated/α-hetero) is 1. The first-order valence-electron chi connectivity index (χ1n) is 17.0. The number of rotatable bonds is 8. The fourth-order valence-corrected chi connectivity index (χ4v) is 6.82. The predicted octanol–water partition coefficient (Wildman–Crippen LogP) is 10.5. The summed E-state index contributed by atoms with van der Waals surface area (Å²) in [5.41, 5.74) is 12.8. The van der Waals surface area contributed by atoms with Crippen molar-refractivity contribution in [2.24, 2.45) is 5.10 Å². The molecular weight excluding hydrogens is 611 g/mol. The molecule has 8 rings (SSSR count). The number of benzene rings is 6. The summed E-state index contributed by atoms with van der Waals surface area (Å²) in [6.07, 6.45) is 0.836. The van der Waals surface area contributed by atoms with Crippen LogP contribution in [0.5, 0.6) is 0 Å². The molecule has 0 bridgehead atoms. The Balaban J connectivity index is 1.25. The fraction of sp³-hybridized carbons (Fsp3) is 0.0652. The normalized spacial score (nSPS) is 14.0. The molecule has 0 fully saturated rings. The van der Waals surface area contributed by atoms with Crippen LogP contribution in [0, 0.1) is 0 Å². The molecule has 2 heterocycles. The minimum absolute atomic E-state index is 0.0536. The summed E-state index contributed by atoms with van der Waals surface area (Å²) in [6, 6.07) is 63.4. The molecule has 1 unspecified atom stereocenters. The van der Waals surface area contributed by atoms with Crippen LogP contribution in [0.4, 0.5) is 5.69 Å². The van der Waals surface area contributed by atoms with Gasteiger partial charge in [-0.25, -0.2) is 0 Å². The molecule has 6 aromatic carbocycles. The van der Waals surface area contributed by atoms with Crippen LogP contribution < -0.4 is 9.58 Å². The van der Waals surface area contributed by atoms with Crippen LogP contribution in [0.15, 0.2) is 187 Å². The molecule has 1 aliphatic heterocycles. The first-order chi connectivity index (χ1) is 24.6. The smallest absolute Gasteiger partial charge is 0.219 e. The van der Waals surface area contributed by atoms with Crippen molar-refractivity contribution in [2.75, 3.05) is 5.01 Å². The summed E-state index contributed by atoms with van der Waals surface area (Å²) in [6.45, 7) is 1.60. The lowest BCUT2D eigenvalue weighted by Crippen LogP contribution is -2.36. The summed E-state index contributed by atoms with van der Waals surface area (Å²) < 4.78 is 2.29. The number of pyridine rings is 1. The average Bonchev–Trinajstić information content (AvgIpc) is 3.65. The first-order valence-corrected chi connectivity index (χ1v) is 17.0. The van der Waals surface area contributed by atoms with Gasteiger partial charge in [-0.1, -0.05) is 109 Å². The van der Waals surface area contributed by atoms with Crippen LogP contribution in [0.25, 0.3) is 39.3 Å². The summed E-state index contributed by atoms with van der Waals surface area (Å²) in [5, 5.41) is 7.36. The Morgan fingerprint density at radius 3 is 1.58 bits per heavy atom. The van der Waals surface area contributed by atoms with Gasteiger partial charge in [0.25, 0.3) is 0 Å². The maximum absolute atomic E-state index is 12.1. The van der Waals surface area contributed by atoms with Gasteiger partial charge in [0.1, 0.15) is 0 Å². The number of ketones is 1. The number of anilines is 1. The highest BCUT2D eigenvalue weighted by Gasteiger charge is 2.30. The summed E-state index contributed by atoms with van der Waals surface area (Å²) >= 11 is 0. The molecule has 4 heteroatoms. The molecule has 0 amide bonds. The van der Waals surface area contributed by atoms with Crippen LogP contribution >= 0.6 is 0 Å². The van der Waals surface area contributed by atoms with Gasteiger partial charge in [0, 0.05) is 47.4 Å². The van der Waals surface area contributed by atoms with E-state index in [0.29, 0.717) is 5.56 Å². The maximum Gasteiger partial charge on any atom is 0.219 e. The molecule has 0 radical (unpaired) electrons. The van der Waals surface area contributed by atoms with Gasteiger partial charge in [0.2, 0.25) is 17.1 Å². The van der Waals surface area contributed by atoms with E-state index in [1.807, 2.05) is 42.5 Å². The third-order valence-corrected chi connectivity index (χ3v) is 9.40. The van der Waals surface area contributed by atoms with E-state index in [-0.39, 0.29) is 11.8 Å². The summed E-state index contributed by atoms with van der Waals surface area (Å²) in [4.78, 5) is 12.1. The minimum atomic E-state index is 0.0536. The molecule has 50 heavy (non-hydrogen) atoms. The van der Waals surface area contributed by atoms with E-state index >= 15 is 0 Å². The number of nitrogens with zero attached hydrogens (tertiary/aromatic N) is 3. The largest absolute Gasteiger partial charge is 0.295 e. The van der Waals surface area contributed by atoms with Gasteiger partial charge < -0.3 is 0 Å². The Morgan fingerprint density at radius 1 is 0.560 bits per heavy atom. The van der Waals surface area contributed by atoms with Crippen molar-refractivity contribution in [2.45, 2.75) is 19.4 Å². The zero-order valence-corrected chi connectivity index (χ0v) is 27.9. The number of hydrogen-bond donors (Lipinski definition) is 0. The zero-order valence-electron chi connectivity index (χ0n) is 27.9. The van der Waals surface area contributed by atoms with Gasteiger partial charge >= 0.3 is 0 Å². The van der Waals surface area contributed by atoms with Gasteiger partial charge in [0.15, 0.2) is 5.78 Å². The van der Waals surface area contributed by atoms with E-state index in [1.54, 1.807) is 6.92 Å². The lowest BCUT2D eigenvalue weighted by Gasteiger charge is -2.24. The number of aromatic nitrogens is 1. The molecule has 7 aromatic rings. The van der Waals surface area contributed by atoms with E-state index in [9.17, 15) is 4.79 Å². The molecule has 0 saturated carbocycles. The highest BCUT2D eigenvalue weighted by Crippen LogP contribution is 2.38. The van der Waals surface area contributed by atoms with Crippen molar-refractivity contribution in [1.29, 1.82) is 0 Å². The third-order valence-electron chi connectivity index (χ3n) is 9.40. The van der Waals surface area contributed by atoms with E-state index in [1.165, 1.54) is 5.56 Å². The second kappa shape index (κ2) is 13.6. The molecule has 0 spiro atoms. The number of hydrazone groups is 1. The second-order valence-corrected chi connectivity index (χ2v) is 12.6. The Hall–Kier alpha value is -6.39. The van der Waals surface area contributed by atoms with E-state index in [4.69, 9.17) is 5.10 Å². The molecule has 1 aromatic heterocycles. The molecule has 1 aliphatic rings. The number of carbonyl (C=O) groups is 1. The predicted molar refractivity (Wildman–Crippen MR) is 204 cm³/mol. The highest BCUT2D eigenvalue weighted by atomic mass is 16.1. The molecule has 0 saturated heterocycles. The Bertz CT molecular complexity index is 2220. The van der Waals surface area contributed by atoms with Gasteiger partial charge in [-0.2, -0.15) is 9.67 Å². The van der Waals surface area contributed by atoms with Crippen LogP contribution in [-0.2, 0) is 0 Å². The van der Waals surface area contributed by atoms with Crippen molar-refractivity contribution in [1.82, 2.24) is 0 Å². The average molecular weight is 647 g/mol. The monoisotopic (exact) mass is 646 g/mol. The molecule has 240 valence electrons. The molecule has 1 atom stereocenters. The molecule has 0 aliphatic carbocycles. The van der Waals surface area contributed by atoms with Crippen LogP contribution in [0.1, 0.15) is 40.9 Å². The van der Waals surface area contributed by atoms with Crippen LogP contribution in [0.2, 0.25) is 0 Å². The zero-order chi connectivity index (χ0) is 33.9. The minimum Gasteiger partial charge on any atom is -0.295 e. The second-order valence-electron chi connectivity index (χ2n) is 12.6. The maximum atomic E-state index is 12.1. The molecule has 0 N–H and O–H groups in total. The van der Waals surface area contributed by atoms with Gasteiger partial charge in [-0.3, -0.25) is 9.80 Å². The Morgan fingerprint density at radius 2 is 1.06 bits per heavy atom. The topological polar surface area (TPSA) is 36.5 Å². The first kappa shape index (κ1) is 30.9. The lowest BCUT2D eigenvalue weighted by atomic mass is 9.97. The Kier molecular flexibility index (Phi) is 8.42. The van der Waals surface area contributed by atoms with Crippen molar-refractivity contribution in [3.63, 3.8) is 0 Å². The van der Waals surface area contributed by atoms with Crippen molar-refractivity contribution in [3.05, 3.63) is 199 Å². The Labute approximate surface area is 293 Å². The van der Waals surface area contributed by atoms with Gasteiger partial charge in [-0.15, -0.1) is 0 Å². The van der Waals surface area contributed by atoms with E-state index in [2.05, 4.69) is 149 Å². The summed E-state index contributed by atoms with van der Waals surface area (Å²) in [7, 11) is 0. The van der Waals surface area contributed by atoms with Gasteiger partial charge in [0.05, 0.1) is 17.4 Å². The van der Waals surface area contributed by atoms with E-state index < -0.39 is 0 Å². The molecule has 4 nitrogen and oxygen atoms in total. The van der Waals surface area contributed by atoms with Gasteiger partial charge in [-0.05, 0) is 77.7 Å². The highest BCUT2D eigenvalue weighted by molar-refractivity contribution is 6.03. The van der Waals surface area contributed by atoms with Crippen molar-refractivity contribution < 1.29 is 9.36 Å². The van der Waals surface area contributed by atoms with Crippen molar-refractivity contribution in [3.8, 4) is 39.3 Å². The lowest BCUT2D eigenvalue weighted by molar-refractivity contribution is -0.572. The quantitative estimate of drug-likeness (QED) is 0.122. The standard InChI is InChI=1S/C46H36N3O/c1-33(50)34-22-26-41(27-23-34)48-44(37-16-8-3-9-17-37)30-40(31-45(48)38-18-10-4-11-19-38)35-24-28-42(29-25-35)49-46(39-20-12-5-13-21-39)32-43(47-49)36-14-6-2-7-15-36/h2-31,46H,32H2,1H3/q+1. The number of hydrogen-bond acceptors (Lipinski definition) is 3. The third kappa shape index (κ3) is 6.15. The molecular formula is C46H36N3O+. The summed E-state index contributed by atoms with van der Waals surface area (Å²) in [5.74, 6) is 0.0536. The SMILES string of the molecule is CC(=O)c1ccc(-[n+]2c(-c3ccccc3)cc(-c3ccc(N4N=C(c5ccccc5)CC4c4ccccc4)cc3)cc2-c2ccccc2)cc1. The van der Waals surface area contributed by atoms with Crippen LogP contribution in [0.3, 0.4) is 0 Å². The fourth-order valence-electron chi connectivity index (χ4n) is 6.82. The number of carbonyl (C=O) groups excluding carboxylic acids is 1. The van der Waals surface area contributed by atoms with Crippen LogP contribution in [-0.4, -0.2) is 11.5 Å².